The molecule has 3 rings (SSSR count). The number of carbonyl (C=O) groups excluding carboxylic acids is 1. The van der Waals surface area contributed by atoms with Gasteiger partial charge in [0.05, 0.1) is 18.2 Å². The second-order valence-corrected chi connectivity index (χ2v) is 6.31. The van der Waals surface area contributed by atoms with Crippen LogP contribution in [0.4, 0.5) is 0 Å². The molecule has 3 saturated heterocycles. The zero-order chi connectivity index (χ0) is 14.0. The molecule has 3 heterocycles. The Labute approximate surface area is 121 Å². The van der Waals surface area contributed by atoms with Crippen LogP contribution in [0.25, 0.3) is 0 Å². The highest BCUT2D eigenvalue weighted by Gasteiger charge is 2.46. The van der Waals surface area contributed by atoms with E-state index in [0.717, 1.165) is 64.9 Å². The third-order valence-electron chi connectivity index (χ3n) is 5.10. The lowest BCUT2D eigenvalue weighted by Gasteiger charge is -2.44. The van der Waals surface area contributed by atoms with E-state index in [2.05, 4.69) is 4.90 Å². The largest absolute Gasteiger partial charge is 0.377 e. The van der Waals surface area contributed by atoms with Gasteiger partial charge in [-0.1, -0.05) is 0 Å². The minimum Gasteiger partial charge on any atom is -0.377 e. The summed E-state index contributed by atoms with van der Waals surface area (Å²) in [5, 5.41) is 0. The molecule has 114 valence electrons. The van der Waals surface area contributed by atoms with Gasteiger partial charge >= 0.3 is 0 Å². The van der Waals surface area contributed by atoms with E-state index in [1.165, 1.54) is 0 Å². The fourth-order valence-corrected chi connectivity index (χ4v) is 3.86. The van der Waals surface area contributed by atoms with Crippen molar-refractivity contribution in [3.8, 4) is 0 Å². The highest BCUT2D eigenvalue weighted by Crippen LogP contribution is 2.37. The van der Waals surface area contributed by atoms with Crippen LogP contribution >= 0.6 is 0 Å². The topological polar surface area (TPSA) is 42.0 Å². The number of hydrogen-bond acceptors (Lipinski definition) is 4. The van der Waals surface area contributed by atoms with Crippen molar-refractivity contribution < 1.29 is 14.3 Å². The molecule has 0 aromatic carbocycles. The molecular formula is C15H26N2O3. The van der Waals surface area contributed by atoms with Crippen LogP contribution in [0.5, 0.6) is 0 Å². The summed E-state index contributed by atoms with van der Waals surface area (Å²) >= 11 is 0. The molecule has 0 aromatic rings. The van der Waals surface area contributed by atoms with Crippen LogP contribution in [0.15, 0.2) is 0 Å². The number of amides is 1. The number of methoxy groups -OCH3 is 1. The molecule has 3 fully saturated rings. The fraction of sp³-hybridized carbons (Fsp3) is 0.933. The average molecular weight is 282 g/mol. The normalized spacial score (nSPS) is 35.0. The predicted octanol–water partition coefficient (Wildman–Crippen LogP) is 0.879. The first-order valence-electron chi connectivity index (χ1n) is 7.90. The van der Waals surface area contributed by atoms with Crippen LogP contribution in [-0.4, -0.2) is 73.9 Å². The van der Waals surface area contributed by atoms with Gasteiger partial charge in [-0.25, -0.2) is 0 Å². The highest BCUT2D eigenvalue weighted by molar-refractivity contribution is 5.78. The van der Waals surface area contributed by atoms with Gasteiger partial charge < -0.3 is 14.4 Å². The average Bonchev–Trinajstić information content (AvgIpc) is 3.13. The van der Waals surface area contributed by atoms with E-state index in [4.69, 9.17) is 9.47 Å². The molecule has 20 heavy (non-hydrogen) atoms. The number of carbonyl (C=O) groups is 1. The lowest BCUT2D eigenvalue weighted by Crippen LogP contribution is -2.57. The summed E-state index contributed by atoms with van der Waals surface area (Å²) in [4.78, 5) is 16.5. The van der Waals surface area contributed by atoms with Gasteiger partial charge in [-0.3, -0.25) is 9.69 Å². The molecule has 0 N–H and O–H groups in total. The molecule has 1 spiro atoms. The Morgan fingerprint density at radius 1 is 1.25 bits per heavy atom. The first-order valence-corrected chi connectivity index (χ1v) is 7.90. The minimum atomic E-state index is -0.0814. The Kier molecular flexibility index (Phi) is 4.29. The van der Waals surface area contributed by atoms with Gasteiger partial charge in [0.1, 0.15) is 0 Å². The zero-order valence-corrected chi connectivity index (χ0v) is 12.5. The molecule has 5 heteroatoms. The van der Waals surface area contributed by atoms with Gasteiger partial charge in [-0.15, -0.1) is 0 Å². The maximum absolute atomic E-state index is 12.2. The van der Waals surface area contributed by atoms with Crippen molar-refractivity contribution in [1.29, 1.82) is 0 Å². The van der Waals surface area contributed by atoms with Gasteiger partial charge in [0.15, 0.2) is 0 Å². The van der Waals surface area contributed by atoms with Gasteiger partial charge in [0, 0.05) is 39.9 Å². The first kappa shape index (κ1) is 14.3. The molecule has 3 aliphatic heterocycles. The molecular weight excluding hydrogens is 256 g/mol. The summed E-state index contributed by atoms with van der Waals surface area (Å²) < 4.78 is 11.7. The molecule has 0 saturated carbocycles. The first-order chi connectivity index (χ1) is 9.73. The third kappa shape index (κ3) is 2.71. The monoisotopic (exact) mass is 282 g/mol. The smallest absolute Gasteiger partial charge is 0.236 e. The number of hydrogen-bond donors (Lipinski definition) is 0. The summed E-state index contributed by atoms with van der Waals surface area (Å²) in [5.74, 6) is 0.278. The molecule has 3 aliphatic rings. The Balaban J connectivity index is 1.56. The lowest BCUT2D eigenvalue weighted by atomic mass is 9.86. The van der Waals surface area contributed by atoms with Crippen LogP contribution in [0.2, 0.25) is 0 Å². The summed E-state index contributed by atoms with van der Waals surface area (Å²) in [5.41, 5.74) is -0.0814. The Morgan fingerprint density at radius 3 is 2.70 bits per heavy atom. The van der Waals surface area contributed by atoms with Crippen molar-refractivity contribution in [2.45, 2.75) is 43.8 Å². The molecule has 5 nitrogen and oxygen atoms in total. The summed E-state index contributed by atoms with van der Waals surface area (Å²) in [6, 6.07) is 0. The zero-order valence-electron chi connectivity index (χ0n) is 12.5. The van der Waals surface area contributed by atoms with E-state index in [1.807, 2.05) is 4.90 Å². The van der Waals surface area contributed by atoms with Gasteiger partial charge in [-0.2, -0.15) is 0 Å². The molecule has 0 radical (unpaired) electrons. The van der Waals surface area contributed by atoms with Crippen molar-refractivity contribution in [3.63, 3.8) is 0 Å². The van der Waals surface area contributed by atoms with Crippen LogP contribution in [0.1, 0.15) is 32.1 Å². The number of piperidine rings is 1. The SMILES string of the molecule is CO[C@H]1CN(CC(=O)N2CCCC2)CC[C@@]12CCCO2. The van der Waals surface area contributed by atoms with Crippen LogP contribution in [0.3, 0.4) is 0 Å². The summed E-state index contributed by atoms with van der Waals surface area (Å²) in [6.45, 7) is 5.03. The van der Waals surface area contributed by atoms with Crippen LogP contribution in [0, 0.1) is 0 Å². The highest BCUT2D eigenvalue weighted by atomic mass is 16.5. The van der Waals surface area contributed by atoms with Crippen molar-refractivity contribution >= 4 is 5.91 Å². The minimum absolute atomic E-state index is 0.0814. The summed E-state index contributed by atoms with van der Waals surface area (Å²) in [6.07, 6.45) is 5.63. The standard InChI is InChI=1S/C15H26N2O3/c1-19-13-11-16(9-6-15(13)5-4-10-20-15)12-14(18)17-7-2-3-8-17/h13H,2-12H2,1H3/t13-,15-/m0/s1. The Hall–Kier alpha value is -0.650. The van der Waals surface area contributed by atoms with E-state index < -0.39 is 0 Å². The van der Waals surface area contributed by atoms with Gasteiger partial charge in [0.25, 0.3) is 0 Å². The van der Waals surface area contributed by atoms with E-state index in [0.29, 0.717) is 6.54 Å². The maximum Gasteiger partial charge on any atom is 0.236 e. The second kappa shape index (κ2) is 6.00. The van der Waals surface area contributed by atoms with Crippen LogP contribution < -0.4 is 0 Å². The lowest BCUT2D eigenvalue weighted by molar-refractivity contribution is -0.149. The molecule has 0 aromatic heterocycles. The van der Waals surface area contributed by atoms with Crippen molar-refractivity contribution in [2.75, 3.05) is 46.4 Å². The molecule has 1 amide bonds. The predicted molar refractivity (Wildman–Crippen MR) is 75.6 cm³/mol. The second-order valence-electron chi connectivity index (χ2n) is 6.31. The quantitative estimate of drug-likeness (QED) is 0.770. The van der Waals surface area contributed by atoms with E-state index in [-0.39, 0.29) is 17.6 Å². The molecule has 0 aliphatic carbocycles. The van der Waals surface area contributed by atoms with Crippen molar-refractivity contribution in [2.24, 2.45) is 0 Å². The van der Waals surface area contributed by atoms with E-state index in [1.54, 1.807) is 7.11 Å². The van der Waals surface area contributed by atoms with Gasteiger partial charge in [-0.05, 0) is 32.1 Å². The third-order valence-corrected chi connectivity index (χ3v) is 5.10. The number of likely N-dealkylation sites (tertiary alicyclic amines) is 2. The fourth-order valence-electron chi connectivity index (χ4n) is 3.86. The Morgan fingerprint density at radius 2 is 2.05 bits per heavy atom. The van der Waals surface area contributed by atoms with Crippen LogP contribution in [-0.2, 0) is 14.3 Å². The van der Waals surface area contributed by atoms with Gasteiger partial charge in [0.2, 0.25) is 5.91 Å². The molecule has 2 atom stereocenters. The number of ether oxygens (including phenoxy) is 2. The van der Waals surface area contributed by atoms with E-state index >= 15 is 0 Å². The van der Waals surface area contributed by atoms with E-state index in [9.17, 15) is 4.79 Å². The van der Waals surface area contributed by atoms with Crippen molar-refractivity contribution in [1.82, 2.24) is 9.80 Å². The molecule has 0 bridgehead atoms. The van der Waals surface area contributed by atoms with Crippen molar-refractivity contribution in [3.05, 3.63) is 0 Å². The molecule has 0 unspecified atom stereocenters. The number of rotatable bonds is 3. The Bertz CT molecular complexity index is 349. The maximum atomic E-state index is 12.2. The number of nitrogens with zero attached hydrogens (tertiary/aromatic N) is 2. The summed E-state index contributed by atoms with van der Waals surface area (Å²) in [7, 11) is 1.76.